The van der Waals surface area contributed by atoms with Gasteiger partial charge in [-0.15, -0.1) is 0 Å². The summed E-state index contributed by atoms with van der Waals surface area (Å²) in [6.45, 7) is 8.08. The first-order valence-electron chi connectivity index (χ1n) is 11.1. The van der Waals surface area contributed by atoms with Crippen LogP contribution in [0, 0.1) is 32.4 Å². The molecule has 1 unspecified atom stereocenters. The van der Waals surface area contributed by atoms with Gasteiger partial charge >= 0.3 is 0 Å². The number of aryl methyl sites for hydroxylation is 2. The molecule has 0 radical (unpaired) electrons. The summed E-state index contributed by atoms with van der Waals surface area (Å²) in [6.07, 6.45) is 1.46. The Morgan fingerprint density at radius 1 is 1.09 bits per heavy atom. The molecule has 0 spiro atoms. The van der Waals surface area contributed by atoms with Crippen LogP contribution in [-0.2, 0) is 0 Å². The number of fused-ring (bicyclic) bond motifs is 1. The number of amides is 1. The number of carbonyl (C=O) groups excluding carboxylic acids is 1. The Morgan fingerprint density at radius 3 is 2.37 bits per heavy atom. The van der Waals surface area contributed by atoms with Crippen molar-refractivity contribution in [1.29, 1.82) is 0 Å². The molecule has 1 amide bonds. The number of nitrogens with one attached hydrogen (secondary N) is 2. The van der Waals surface area contributed by atoms with Crippen molar-refractivity contribution < 1.29 is 18.7 Å². The molecule has 7 nitrogen and oxygen atoms in total. The van der Waals surface area contributed by atoms with E-state index in [9.17, 15) is 23.5 Å². The van der Waals surface area contributed by atoms with Gasteiger partial charge in [-0.25, -0.2) is 13.3 Å². The van der Waals surface area contributed by atoms with Gasteiger partial charge in [0.15, 0.2) is 5.69 Å². The zero-order valence-corrected chi connectivity index (χ0v) is 20.0. The van der Waals surface area contributed by atoms with E-state index in [-0.39, 0.29) is 22.5 Å². The molecule has 0 saturated heterocycles. The van der Waals surface area contributed by atoms with Crippen molar-refractivity contribution in [3.05, 3.63) is 92.5 Å². The maximum atomic E-state index is 14.9. The third-order valence-corrected chi connectivity index (χ3v) is 6.21. The molecule has 0 aliphatic carbocycles. The van der Waals surface area contributed by atoms with E-state index in [1.54, 1.807) is 32.9 Å². The van der Waals surface area contributed by atoms with Crippen LogP contribution in [-0.4, -0.2) is 31.2 Å². The summed E-state index contributed by atoms with van der Waals surface area (Å²) in [5, 5.41) is 17.7. The smallest absolute Gasteiger partial charge is 0.274 e. The third-order valence-electron chi connectivity index (χ3n) is 6.21. The highest BCUT2D eigenvalue weighted by Gasteiger charge is 2.32. The first kappa shape index (κ1) is 24.3. The molecule has 0 aliphatic heterocycles. The number of H-pyrrole nitrogens is 1. The number of nitrogens with zero attached hydrogens (tertiary/aromatic N) is 2. The lowest BCUT2D eigenvalue weighted by atomic mass is 9.91. The third kappa shape index (κ3) is 4.46. The van der Waals surface area contributed by atoms with Crippen molar-refractivity contribution in [3.63, 3.8) is 0 Å². The van der Waals surface area contributed by atoms with E-state index in [0.717, 1.165) is 5.56 Å². The Hall–Kier alpha value is -3.85. The summed E-state index contributed by atoms with van der Waals surface area (Å²) >= 11 is 0. The maximum Gasteiger partial charge on any atom is 0.274 e. The quantitative estimate of drug-likeness (QED) is 0.400. The summed E-state index contributed by atoms with van der Waals surface area (Å²) in [5.41, 5.74) is 0.721. The molecule has 2 aromatic carbocycles. The van der Waals surface area contributed by atoms with Gasteiger partial charge in [0.05, 0.1) is 23.5 Å². The SMILES string of the molecule is Cc1ccc(-c2cn3nc(C(=O)NC(c4ccc(F)cc4)C(C)(C)O)c(C)c3c(=O)[nH]2)c(F)c1C. The van der Waals surface area contributed by atoms with Gasteiger partial charge in [0.25, 0.3) is 11.5 Å². The normalized spacial score (nSPS) is 12.7. The fourth-order valence-corrected chi connectivity index (χ4v) is 4.09. The standard InChI is InChI=1S/C26H26F2N4O3/c1-13-6-11-18(20(28)14(13)2)19-12-32-22(25(34)29-19)15(3)21(31-32)24(33)30-23(26(4,5)35)16-7-9-17(27)10-8-16/h6-12,23,35H,1-5H3,(H,29,34)(H,30,33). The molecule has 0 bridgehead atoms. The molecular weight excluding hydrogens is 454 g/mol. The Labute approximate surface area is 200 Å². The number of benzene rings is 2. The molecule has 0 aliphatic rings. The van der Waals surface area contributed by atoms with Crippen LogP contribution >= 0.6 is 0 Å². The molecule has 3 N–H and O–H groups in total. The van der Waals surface area contributed by atoms with E-state index in [2.05, 4.69) is 15.4 Å². The zero-order chi connectivity index (χ0) is 25.7. The molecule has 4 aromatic rings. The molecule has 4 rings (SSSR count). The minimum atomic E-state index is -1.38. The first-order valence-corrected chi connectivity index (χ1v) is 11.1. The van der Waals surface area contributed by atoms with Gasteiger partial charge in [0, 0.05) is 11.1 Å². The van der Waals surface area contributed by atoms with Gasteiger partial charge in [-0.1, -0.05) is 18.2 Å². The number of aromatic nitrogens is 3. The Kier molecular flexibility index (Phi) is 6.06. The largest absolute Gasteiger partial charge is 0.388 e. The summed E-state index contributed by atoms with van der Waals surface area (Å²) in [6, 6.07) is 7.89. The van der Waals surface area contributed by atoms with E-state index < -0.39 is 34.7 Å². The van der Waals surface area contributed by atoms with E-state index in [0.29, 0.717) is 16.7 Å². The highest BCUT2D eigenvalue weighted by atomic mass is 19.1. The van der Waals surface area contributed by atoms with Crippen molar-refractivity contribution in [2.45, 2.75) is 46.3 Å². The second kappa shape index (κ2) is 8.74. The first-order chi connectivity index (χ1) is 16.4. The molecule has 182 valence electrons. The summed E-state index contributed by atoms with van der Waals surface area (Å²) < 4.78 is 29.5. The van der Waals surface area contributed by atoms with Crippen LogP contribution in [0.1, 0.15) is 52.6 Å². The zero-order valence-electron chi connectivity index (χ0n) is 20.0. The topological polar surface area (TPSA) is 99.5 Å². The summed E-state index contributed by atoms with van der Waals surface area (Å²) in [5.74, 6) is -1.52. The van der Waals surface area contributed by atoms with E-state index in [1.807, 2.05) is 0 Å². The van der Waals surface area contributed by atoms with Gasteiger partial charge in [0.2, 0.25) is 0 Å². The number of halogens is 2. The predicted molar refractivity (Wildman–Crippen MR) is 128 cm³/mol. The van der Waals surface area contributed by atoms with Crippen LogP contribution in [0.25, 0.3) is 16.8 Å². The lowest BCUT2D eigenvalue weighted by Crippen LogP contribution is -2.42. The summed E-state index contributed by atoms with van der Waals surface area (Å²) in [7, 11) is 0. The van der Waals surface area contributed by atoms with Crippen LogP contribution in [0.4, 0.5) is 8.78 Å². The van der Waals surface area contributed by atoms with E-state index >= 15 is 0 Å². The van der Waals surface area contributed by atoms with Crippen LogP contribution in [0.3, 0.4) is 0 Å². The molecule has 0 saturated carbocycles. The fraction of sp³-hybridized carbons (Fsp3) is 0.269. The van der Waals surface area contributed by atoms with Gasteiger partial charge in [-0.2, -0.15) is 5.10 Å². The molecule has 0 fully saturated rings. The molecule has 2 aromatic heterocycles. The van der Waals surface area contributed by atoms with Crippen molar-refractivity contribution in [3.8, 4) is 11.3 Å². The lowest BCUT2D eigenvalue weighted by molar-refractivity contribution is 0.0342. The average molecular weight is 481 g/mol. The maximum absolute atomic E-state index is 14.9. The van der Waals surface area contributed by atoms with Gasteiger partial charge in [0.1, 0.15) is 17.2 Å². The second-order valence-corrected chi connectivity index (χ2v) is 9.24. The second-order valence-electron chi connectivity index (χ2n) is 9.24. The highest BCUT2D eigenvalue weighted by Crippen LogP contribution is 2.28. The number of aliphatic hydroxyl groups is 1. The number of rotatable bonds is 5. The molecule has 2 heterocycles. The van der Waals surface area contributed by atoms with Crippen LogP contribution in [0.15, 0.2) is 47.4 Å². The predicted octanol–water partition coefficient (Wildman–Crippen LogP) is 4.14. The number of aromatic amines is 1. The average Bonchev–Trinajstić information content (AvgIpc) is 3.12. The van der Waals surface area contributed by atoms with Crippen molar-refractivity contribution in [1.82, 2.24) is 19.9 Å². The molecule has 35 heavy (non-hydrogen) atoms. The molecular formula is C26H26F2N4O3. The molecule has 9 heteroatoms. The van der Waals surface area contributed by atoms with Crippen molar-refractivity contribution >= 4 is 11.4 Å². The Bertz CT molecular complexity index is 1500. The minimum Gasteiger partial charge on any atom is -0.388 e. The van der Waals surface area contributed by atoms with Crippen LogP contribution < -0.4 is 10.9 Å². The lowest BCUT2D eigenvalue weighted by Gasteiger charge is -2.30. The van der Waals surface area contributed by atoms with Gasteiger partial charge < -0.3 is 15.4 Å². The van der Waals surface area contributed by atoms with E-state index in [1.165, 1.54) is 48.8 Å². The number of carbonyl (C=O) groups is 1. The van der Waals surface area contributed by atoms with Gasteiger partial charge in [-0.3, -0.25) is 9.59 Å². The number of hydrogen-bond acceptors (Lipinski definition) is 4. The van der Waals surface area contributed by atoms with Crippen LogP contribution in [0.2, 0.25) is 0 Å². The summed E-state index contributed by atoms with van der Waals surface area (Å²) in [4.78, 5) is 28.8. The molecule has 1 atom stereocenters. The fourth-order valence-electron chi connectivity index (χ4n) is 4.09. The number of hydrogen-bond donors (Lipinski definition) is 3. The Balaban J connectivity index is 1.76. The van der Waals surface area contributed by atoms with Crippen molar-refractivity contribution in [2.24, 2.45) is 0 Å². The minimum absolute atomic E-state index is 0.0235. The monoisotopic (exact) mass is 480 g/mol. The van der Waals surface area contributed by atoms with Gasteiger partial charge in [-0.05, 0) is 69.5 Å². The van der Waals surface area contributed by atoms with Crippen LogP contribution in [0.5, 0.6) is 0 Å². The van der Waals surface area contributed by atoms with E-state index in [4.69, 9.17) is 0 Å². The van der Waals surface area contributed by atoms with Crippen molar-refractivity contribution in [2.75, 3.05) is 0 Å². The Morgan fingerprint density at radius 2 is 1.74 bits per heavy atom. The highest BCUT2D eigenvalue weighted by molar-refractivity contribution is 5.96.